The van der Waals surface area contributed by atoms with Crippen LogP contribution < -0.4 is 10.9 Å². The van der Waals surface area contributed by atoms with Crippen LogP contribution in [0.25, 0.3) is 11.0 Å². The molecule has 0 bridgehead atoms. The number of amides is 1. The van der Waals surface area contributed by atoms with Crippen LogP contribution in [0.3, 0.4) is 0 Å². The van der Waals surface area contributed by atoms with E-state index in [1.807, 2.05) is 0 Å². The molecule has 0 saturated carbocycles. The van der Waals surface area contributed by atoms with E-state index < -0.39 is 0 Å². The van der Waals surface area contributed by atoms with Crippen LogP contribution in [0.1, 0.15) is 28.8 Å². The fraction of sp³-hybridized carbons (Fsp3) is 0.273. The fourth-order valence-corrected chi connectivity index (χ4v) is 3.28. The van der Waals surface area contributed by atoms with E-state index >= 15 is 0 Å². The van der Waals surface area contributed by atoms with Crippen molar-refractivity contribution in [2.45, 2.75) is 25.9 Å². The Morgan fingerprint density at radius 1 is 1.28 bits per heavy atom. The number of carbonyl (C=O) groups excluding carboxylic acids is 1. The van der Waals surface area contributed by atoms with E-state index in [1.165, 1.54) is 24.3 Å². The van der Waals surface area contributed by atoms with Gasteiger partial charge in [-0.05, 0) is 61.7 Å². The summed E-state index contributed by atoms with van der Waals surface area (Å²) in [6.07, 6.45) is 1.90. The van der Waals surface area contributed by atoms with Crippen LogP contribution in [0, 0.1) is 12.7 Å². The summed E-state index contributed by atoms with van der Waals surface area (Å²) in [4.78, 5) is 17.3. The van der Waals surface area contributed by atoms with E-state index in [0.717, 1.165) is 12.8 Å². The lowest BCUT2D eigenvalue weighted by Crippen LogP contribution is -2.34. The SMILES string of the molecule is Cc1cc(N=c2oc3cc(O)ccc3cc2C(=O)NC[C@@H]2CCCO2)ccc1F. The van der Waals surface area contributed by atoms with Crippen LogP contribution in [0.5, 0.6) is 5.75 Å². The summed E-state index contributed by atoms with van der Waals surface area (Å²) >= 11 is 0. The smallest absolute Gasteiger partial charge is 0.256 e. The number of rotatable bonds is 4. The van der Waals surface area contributed by atoms with Crippen molar-refractivity contribution in [3.8, 4) is 5.75 Å². The average molecular weight is 396 g/mol. The highest BCUT2D eigenvalue weighted by Gasteiger charge is 2.18. The number of benzene rings is 2. The molecule has 0 radical (unpaired) electrons. The Balaban J connectivity index is 1.76. The lowest BCUT2D eigenvalue weighted by molar-refractivity contribution is 0.0854. The monoisotopic (exact) mass is 396 g/mol. The molecule has 7 heteroatoms. The molecule has 0 spiro atoms. The number of aryl methyl sites for hydroxylation is 1. The Morgan fingerprint density at radius 3 is 2.90 bits per heavy atom. The molecule has 1 aliphatic rings. The van der Waals surface area contributed by atoms with Gasteiger partial charge in [0.2, 0.25) is 5.55 Å². The number of hydrogen-bond acceptors (Lipinski definition) is 5. The van der Waals surface area contributed by atoms with E-state index in [1.54, 1.807) is 25.1 Å². The fourth-order valence-electron chi connectivity index (χ4n) is 3.28. The second-order valence-corrected chi connectivity index (χ2v) is 7.08. The molecular weight excluding hydrogens is 375 g/mol. The Morgan fingerprint density at radius 2 is 2.14 bits per heavy atom. The molecule has 0 aliphatic carbocycles. The second kappa shape index (κ2) is 8.05. The lowest BCUT2D eigenvalue weighted by atomic mass is 10.1. The molecule has 6 nitrogen and oxygen atoms in total. The van der Waals surface area contributed by atoms with Crippen molar-refractivity contribution in [3.63, 3.8) is 0 Å². The number of aromatic hydroxyl groups is 1. The zero-order valence-corrected chi connectivity index (χ0v) is 15.9. The molecule has 1 fully saturated rings. The predicted octanol–water partition coefficient (Wildman–Crippen LogP) is 3.73. The molecule has 1 atom stereocenters. The van der Waals surface area contributed by atoms with Crippen molar-refractivity contribution >= 4 is 22.6 Å². The number of ether oxygens (including phenoxy) is 1. The number of hydrogen-bond donors (Lipinski definition) is 2. The molecule has 1 aromatic heterocycles. The van der Waals surface area contributed by atoms with Crippen LogP contribution in [0.15, 0.2) is 51.9 Å². The molecule has 3 aromatic rings. The van der Waals surface area contributed by atoms with Crippen molar-refractivity contribution in [2.75, 3.05) is 13.2 Å². The van der Waals surface area contributed by atoms with Crippen molar-refractivity contribution < 1.29 is 23.4 Å². The maximum Gasteiger partial charge on any atom is 0.256 e. The van der Waals surface area contributed by atoms with Gasteiger partial charge in [0.25, 0.3) is 5.91 Å². The van der Waals surface area contributed by atoms with E-state index in [2.05, 4.69) is 10.3 Å². The number of nitrogens with one attached hydrogen (secondary N) is 1. The van der Waals surface area contributed by atoms with Gasteiger partial charge >= 0.3 is 0 Å². The number of nitrogens with zero attached hydrogens (tertiary/aromatic N) is 1. The van der Waals surface area contributed by atoms with Gasteiger partial charge in [-0.15, -0.1) is 0 Å². The van der Waals surface area contributed by atoms with E-state index in [9.17, 15) is 14.3 Å². The van der Waals surface area contributed by atoms with Crippen LogP contribution in [0.4, 0.5) is 10.1 Å². The van der Waals surface area contributed by atoms with Crippen LogP contribution in [-0.4, -0.2) is 30.3 Å². The molecule has 2 aromatic carbocycles. The first-order valence-electron chi connectivity index (χ1n) is 9.47. The Hall–Kier alpha value is -3.19. The highest BCUT2D eigenvalue weighted by Crippen LogP contribution is 2.21. The lowest BCUT2D eigenvalue weighted by Gasteiger charge is -2.11. The largest absolute Gasteiger partial charge is 0.508 e. The molecule has 0 unspecified atom stereocenters. The van der Waals surface area contributed by atoms with E-state index in [-0.39, 0.29) is 34.7 Å². The van der Waals surface area contributed by atoms with Gasteiger partial charge in [0.15, 0.2) is 0 Å². The van der Waals surface area contributed by atoms with E-state index in [4.69, 9.17) is 9.15 Å². The van der Waals surface area contributed by atoms with E-state index in [0.29, 0.717) is 35.4 Å². The molecule has 1 aliphatic heterocycles. The first-order valence-corrected chi connectivity index (χ1v) is 9.47. The van der Waals surface area contributed by atoms with Gasteiger partial charge in [0.1, 0.15) is 22.7 Å². The summed E-state index contributed by atoms with van der Waals surface area (Å²) in [7, 11) is 0. The number of halogens is 1. The van der Waals surface area contributed by atoms with Gasteiger partial charge in [-0.1, -0.05) is 0 Å². The molecule has 150 valence electrons. The zero-order valence-electron chi connectivity index (χ0n) is 15.9. The molecular formula is C22H21FN2O4. The second-order valence-electron chi connectivity index (χ2n) is 7.08. The van der Waals surface area contributed by atoms with Crippen LogP contribution in [-0.2, 0) is 4.74 Å². The normalized spacial score (nSPS) is 17.0. The highest BCUT2D eigenvalue weighted by atomic mass is 19.1. The first kappa shape index (κ1) is 19.1. The van der Waals surface area contributed by atoms with Crippen LogP contribution in [0.2, 0.25) is 0 Å². The van der Waals surface area contributed by atoms with Gasteiger partial charge in [-0.2, -0.15) is 0 Å². The topological polar surface area (TPSA) is 84.1 Å². The van der Waals surface area contributed by atoms with Gasteiger partial charge in [0.05, 0.1) is 11.8 Å². The third kappa shape index (κ3) is 4.30. The van der Waals surface area contributed by atoms with Crippen molar-refractivity contribution in [3.05, 3.63) is 65.0 Å². The predicted molar refractivity (Wildman–Crippen MR) is 106 cm³/mol. The van der Waals surface area contributed by atoms with Crippen molar-refractivity contribution in [1.82, 2.24) is 5.32 Å². The summed E-state index contributed by atoms with van der Waals surface area (Å²) in [6, 6.07) is 10.7. The Kier molecular flexibility index (Phi) is 5.31. The summed E-state index contributed by atoms with van der Waals surface area (Å²) in [5, 5.41) is 13.3. The minimum absolute atomic E-state index is 0.00780. The summed E-state index contributed by atoms with van der Waals surface area (Å²) < 4.78 is 25.0. The maximum atomic E-state index is 13.6. The summed E-state index contributed by atoms with van der Waals surface area (Å²) in [5.41, 5.74) is 1.62. The van der Waals surface area contributed by atoms with Crippen LogP contribution >= 0.6 is 0 Å². The molecule has 1 saturated heterocycles. The molecule has 2 heterocycles. The number of phenols is 1. The summed E-state index contributed by atoms with van der Waals surface area (Å²) in [5.74, 6) is -0.629. The summed E-state index contributed by atoms with van der Waals surface area (Å²) in [6.45, 7) is 2.75. The molecule has 2 N–H and O–H groups in total. The third-order valence-corrected chi connectivity index (χ3v) is 4.87. The Bertz CT molecular complexity index is 1130. The number of phenolic OH excluding ortho intramolecular Hbond substituents is 1. The molecule has 1 amide bonds. The number of fused-ring (bicyclic) bond motifs is 1. The van der Waals surface area contributed by atoms with Crippen molar-refractivity contribution in [1.29, 1.82) is 0 Å². The average Bonchev–Trinajstić information content (AvgIpc) is 3.22. The van der Waals surface area contributed by atoms with Crippen molar-refractivity contribution in [2.24, 2.45) is 4.99 Å². The minimum atomic E-state index is -0.336. The highest BCUT2D eigenvalue weighted by molar-refractivity contribution is 5.96. The number of carbonyl (C=O) groups is 1. The maximum absolute atomic E-state index is 13.6. The molecule has 29 heavy (non-hydrogen) atoms. The molecule has 4 rings (SSSR count). The van der Waals surface area contributed by atoms with Gasteiger partial charge in [-0.3, -0.25) is 4.79 Å². The first-order chi connectivity index (χ1) is 14.0. The zero-order chi connectivity index (χ0) is 20.4. The van der Waals surface area contributed by atoms with Gasteiger partial charge in [0, 0.05) is 24.6 Å². The quantitative estimate of drug-likeness (QED) is 0.704. The minimum Gasteiger partial charge on any atom is -0.508 e. The standard InChI is InChI=1S/C22H21FN2O4/c1-13-9-15(5-7-19(13)23)25-22-18(21(27)24-12-17-3-2-8-28-17)10-14-4-6-16(26)11-20(14)29-22/h4-7,9-11,17,26H,2-3,8,12H2,1H3,(H,24,27)/t17-/m0/s1. The Labute approximate surface area is 166 Å². The van der Waals surface area contributed by atoms with Gasteiger partial charge in [-0.25, -0.2) is 9.38 Å². The third-order valence-electron chi connectivity index (χ3n) is 4.87. The van der Waals surface area contributed by atoms with Gasteiger partial charge < -0.3 is 19.6 Å².